The maximum Gasteiger partial charge on any atom is 0.273 e. The Hall–Kier alpha value is -2.21. The molecule has 1 amide bonds. The van der Waals surface area contributed by atoms with Gasteiger partial charge in [0, 0.05) is 13.1 Å². The molecule has 0 atom stereocenters. The third-order valence-electron chi connectivity index (χ3n) is 2.97. The fraction of sp³-hybridized carbons (Fsp3) is 0.400. The van der Waals surface area contributed by atoms with E-state index in [0.717, 1.165) is 25.1 Å². The van der Waals surface area contributed by atoms with Crippen molar-refractivity contribution >= 4 is 5.91 Å². The second-order valence-corrected chi connectivity index (χ2v) is 4.79. The SMILES string of the molecule is CCCNCCNC(=O)c1cn(Cc2ccccc2)nn1. The zero-order valence-corrected chi connectivity index (χ0v) is 12.2. The average Bonchev–Trinajstić information content (AvgIpc) is 2.96. The van der Waals surface area contributed by atoms with Crippen LogP contribution in [0.1, 0.15) is 29.4 Å². The maximum atomic E-state index is 11.9. The molecule has 0 radical (unpaired) electrons. The quantitative estimate of drug-likeness (QED) is 0.712. The summed E-state index contributed by atoms with van der Waals surface area (Å²) in [5, 5.41) is 13.9. The number of carbonyl (C=O) groups excluding carboxylic acids is 1. The van der Waals surface area contributed by atoms with Gasteiger partial charge in [-0.05, 0) is 18.5 Å². The first-order valence-electron chi connectivity index (χ1n) is 7.22. The van der Waals surface area contributed by atoms with Gasteiger partial charge in [0.15, 0.2) is 5.69 Å². The minimum atomic E-state index is -0.187. The zero-order chi connectivity index (χ0) is 14.9. The van der Waals surface area contributed by atoms with Crippen molar-refractivity contribution in [2.75, 3.05) is 19.6 Å². The average molecular weight is 287 g/mol. The maximum absolute atomic E-state index is 11.9. The fourth-order valence-corrected chi connectivity index (χ4v) is 1.91. The van der Waals surface area contributed by atoms with E-state index >= 15 is 0 Å². The Balaban J connectivity index is 1.80. The van der Waals surface area contributed by atoms with Crippen molar-refractivity contribution in [1.29, 1.82) is 0 Å². The van der Waals surface area contributed by atoms with Gasteiger partial charge in [0.1, 0.15) is 0 Å². The van der Waals surface area contributed by atoms with Crippen molar-refractivity contribution in [3.63, 3.8) is 0 Å². The number of hydrogen-bond donors (Lipinski definition) is 2. The zero-order valence-electron chi connectivity index (χ0n) is 12.2. The molecule has 0 fully saturated rings. The summed E-state index contributed by atoms with van der Waals surface area (Å²) in [6.45, 7) is 5.03. The van der Waals surface area contributed by atoms with Crippen molar-refractivity contribution < 1.29 is 4.79 Å². The van der Waals surface area contributed by atoms with Crippen molar-refractivity contribution in [3.8, 4) is 0 Å². The lowest BCUT2D eigenvalue weighted by molar-refractivity contribution is 0.0949. The molecule has 2 rings (SSSR count). The lowest BCUT2D eigenvalue weighted by atomic mass is 10.2. The van der Waals surface area contributed by atoms with E-state index in [1.54, 1.807) is 10.9 Å². The van der Waals surface area contributed by atoms with Crippen LogP contribution in [0, 0.1) is 0 Å². The van der Waals surface area contributed by atoms with E-state index in [1.165, 1.54) is 0 Å². The van der Waals surface area contributed by atoms with Gasteiger partial charge in [-0.3, -0.25) is 4.79 Å². The molecular weight excluding hydrogens is 266 g/mol. The third kappa shape index (κ3) is 5.00. The van der Waals surface area contributed by atoms with Crippen molar-refractivity contribution in [2.24, 2.45) is 0 Å². The lowest BCUT2D eigenvalue weighted by Crippen LogP contribution is -2.32. The first-order valence-corrected chi connectivity index (χ1v) is 7.22. The predicted octanol–water partition coefficient (Wildman–Crippen LogP) is 1.06. The number of amides is 1. The normalized spacial score (nSPS) is 10.5. The number of nitrogens with zero attached hydrogens (tertiary/aromatic N) is 3. The third-order valence-corrected chi connectivity index (χ3v) is 2.97. The Bertz CT molecular complexity index is 552. The molecule has 21 heavy (non-hydrogen) atoms. The fourth-order valence-electron chi connectivity index (χ4n) is 1.91. The minimum Gasteiger partial charge on any atom is -0.349 e. The summed E-state index contributed by atoms with van der Waals surface area (Å²) in [6, 6.07) is 9.95. The highest BCUT2D eigenvalue weighted by Crippen LogP contribution is 2.02. The first-order chi connectivity index (χ1) is 10.3. The highest BCUT2D eigenvalue weighted by Gasteiger charge is 2.09. The summed E-state index contributed by atoms with van der Waals surface area (Å²) < 4.78 is 1.67. The number of nitrogens with one attached hydrogen (secondary N) is 2. The largest absolute Gasteiger partial charge is 0.349 e. The van der Waals surface area contributed by atoms with Crippen LogP contribution in [0.3, 0.4) is 0 Å². The molecule has 112 valence electrons. The van der Waals surface area contributed by atoms with E-state index in [2.05, 4.69) is 27.9 Å². The molecular formula is C15H21N5O. The van der Waals surface area contributed by atoms with Gasteiger partial charge < -0.3 is 10.6 Å². The van der Waals surface area contributed by atoms with Crippen molar-refractivity contribution in [3.05, 3.63) is 47.8 Å². The monoisotopic (exact) mass is 287 g/mol. The molecule has 2 aromatic rings. The molecule has 0 saturated carbocycles. The van der Waals surface area contributed by atoms with Crippen LogP contribution < -0.4 is 10.6 Å². The van der Waals surface area contributed by atoms with E-state index in [0.29, 0.717) is 18.8 Å². The van der Waals surface area contributed by atoms with Crippen molar-refractivity contribution in [1.82, 2.24) is 25.6 Å². The number of aromatic nitrogens is 3. The van der Waals surface area contributed by atoms with Gasteiger partial charge in [-0.1, -0.05) is 42.5 Å². The molecule has 0 aliphatic rings. The van der Waals surface area contributed by atoms with Gasteiger partial charge in [0.05, 0.1) is 12.7 Å². The Kier molecular flexibility index (Phi) is 5.90. The molecule has 0 aliphatic heterocycles. The number of benzene rings is 1. The summed E-state index contributed by atoms with van der Waals surface area (Å²) >= 11 is 0. The van der Waals surface area contributed by atoms with E-state index in [4.69, 9.17) is 0 Å². The van der Waals surface area contributed by atoms with Gasteiger partial charge in [-0.2, -0.15) is 0 Å². The molecule has 1 heterocycles. The summed E-state index contributed by atoms with van der Waals surface area (Å²) in [6.07, 6.45) is 2.75. The Morgan fingerprint density at radius 1 is 1.19 bits per heavy atom. The molecule has 1 aromatic heterocycles. The van der Waals surface area contributed by atoms with Crippen LogP contribution in [0.15, 0.2) is 36.5 Å². The number of carbonyl (C=O) groups is 1. The highest BCUT2D eigenvalue weighted by atomic mass is 16.2. The summed E-state index contributed by atoms with van der Waals surface area (Å²) in [5.74, 6) is -0.187. The summed E-state index contributed by atoms with van der Waals surface area (Å²) in [5.41, 5.74) is 1.47. The van der Waals surface area contributed by atoms with Crippen molar-refractivity contribution in [2.45, 2.75) is 19.9 Å². The predicted molar refractivity (Wildman–Crippen MR) is 81.1 cm³/mol. The molecule has 0 spiro atoms. The molecule has 0 saturated heterocycles. The minimum absolute atomic E-state index is 0.187. The van der Waals surface area contributed by atoms with Gasteiger partial charge in [0.2, 0.25) is 0 Å². The number of rotatable bonds is 8. The van der Waals surface area contributed by atoms with Gasteiger partial charge in [-0.25, -0.2) is 4.68 Å². The van der Waals surface area contributed by atoms with Crippen LogP contribution >= 0.6 is 0 Å². The molecule has 6 nitrogen and oxygen atoms in total. The van der Waals surface area contributed by atoms with Gasteiger partial charge >= 0.3 is 0 Å². The Morgan fingerprint density at radius 3 is 2.76 bits per heavy atom. The van der Waals surface area contributed by atoms with Crippen LogP contribution in [0.2, 0.25) is 0 Å². The standard InChI is InChI=1S/C15H21N5O/c1-2-8-16-9-10-17-15(21)14-12-20(19-18-14)11-13-6-4-3-5-7-13/h3-7,12,16H,2,8-11H2,1H3,(H,17,21). The van der Waals surface area contributed by atoms with Crippen LogP contribution in [0.5, 0.6) is 0 Å². The summed E-state index contributed by atoms with van der Waals surface area (Å²) in [4.78, 5) is 11.9. The van der Waals surface area contributed by atoms with Crippen LogP contribution in [-0.4, -0.2) is 40.5 Å². The Morgan fingerprint density at radius 2 is 2.00 bits per heavy atom. The van der Waals surface area contributed by atoms with Crippen LogP contribution in [-0.2, 0) is 6.54 Å². The lowest BCUT2D eigenvalue weighted by Gasteiger charge is -2.03. The first kappa shape index (κ1) is 15.2. The Labute approximate surface area is 124 Å². The molecule has 1 aromatic carbocycles. The van der Waals surface area contributed by atoms with E-state index in [9.17, 15) is 4.79 Å². The summed E-state index contributed by atoms with van der Waals surface area (Å²) in [7, 11) is 0. The molecule has 6 heteroatoms. The molecule has 2 N–H and O–H groups in total. The second kappa shape index (κ2) is 8.16. The highest BCUT2D eigenvalue weighted by molar-refractivity contribution is 5.91. The topological polar surface area (TPSA) is 71.8 Å². The van der Waals surface area contributed by atoms with Crippen LogP contribution in [0.4, 0.5) is 0 Å². The molecule has 0 aliphatic carbocycles. The van der Waals surface area contributed by atoms with E-state index < -0.39 is 0 Å². The molecule has 0 bridgehead atoms. The molecule has 0 unspecified atom stereocenters. The van der Waals surface area contributed by atoms with Gasteiger partial charge in [0.25, 0.3) is 5.91 Å². The van der Waals surface area contributed by atoms with Crippen LogP contribution in [0.25, 0.3) is 0 Å². The van der Waals surface area contributed by atoms with E-state index in [1.807, 2.05) is 30.3 Å². The smallest absolute Gasteiger partial charge is 0.273 e. The number of hydrogen-bond acceptors (Lipinski definition) is 4. The van der Waals surface area contributed by atoms with E-state index in [-0.39, 0.29) is 5.91 Å². The van der Waals surface area contributed by atoms with Gasteiger partial charge in [-0.15, -0.1) is 5.10 Å². The second-order valence-electron chi connectivity index (χ2n) is 4.79.